The lowest BCUT2D eigenvalue weighted by Gasteiger charge is -2.16. The highest BCUT2D eigenvalue weighted by atomic mass is 19.4. The molecule has 20 heavy (non-hydrogen) atoms. The van der Waals surface area contributed by atoms with Crippen molar-refractivity contribution in [2.45, 2.75) is 20.1 Å². The molecule has 0 fully saturated rings. The first-order valence-corrected chi connectivity index (χ1v) is 5.90. The van der Waals surface area contributed by atoms with Crippen LogP contribution in [0.3, 0.4) is 0 Å². The van der Waals surface area contributed by atoms with Crippen LogP contribution in [-0.2, 0) is 13.2 Å². The van der Waals surface area contributed by atoms with Gasteiger partial charge in [-0.1, -0.05) is 11.5 Å². The molecule has 0 spiro atoms. The normalized spacial score (nSPS) is 11.7. The third kappa shape index (κ3) is 3.09. The van der Waals surface area contributed by atoms with Crippen LogP contribution >= 0.6 is 0 Å². The molecule has 2 aromatic rings. The van der Waals surface area contributed by atoms with Gasteiger partial charge in [-0.05, 0) is 13.0 Å². The average Bonchev–Trinajstić information content (AvgIpc) is 2.82. The lowest BCUT2D eigenvalue weighted by molar-refractivity contribution is 0.286. The van der Waals surface area contributed by atoms with Crippen LogP contribution in [0.1, 0.15) is 12.7 Å². The Morgan fingerprint density at radius 3 is 2.65 bits per heavy atom. The molecule has 1 aromatic heterocycles. The van der Waals surface area contributed by atoms with Gasteiger partial charge in [-0.15, -0.1) is 0 Å². The van der Waals surface area contributed by atoms with Crippen LogP contribution in [0.2, 0.25) is 0 Å². The topological polar surface area (TPSA) is 39.9 Å². The maximum absolute atomic E-state index is 13.3. The Kier molecular flexibility index (Phi) is 3.96. The Morgan fingerprint density at radius 1 is 1.30 bits per heavy atom. The third-order valence-corrected chi connectivity index (χ3v) is 2.69. The maximum Gasteiger partial charge on any atom is 0.512 e. The molecule has 0 saturated carbocycles. The van der Waals surface area contributed by atoms with E-state index in [0.29, 0.717) is 18.4 Å². The van der Waals surface area contributed by atoms with Crippen molar-refractivity contribution in [3.8, 4) is 5.75 Å². The average molecular weight is 288 g/mol. The van der Waals surface area contributed by atoms with Gasteiger partial charge in [0.05, 0.1) is 5.82 Å². The molecular weight excluding hydrogens is 277 g/mol. The highest BCUT2D eigenvalue weighted by Gasteiger charge is 2.28. The van der Waals surface area contributed by atoms with Crippen LogP contribution < -0.4 is 10.2 Å². The van der Waals surface area contributed by atoms with Crippen molar-refractivity contribution in [2.24, 2.45) is 0 Å². The van der Waals surface area contributed by atoms with E-state index in [1.54, 1.807) is 4.68 Å². The Hall–Kier alpha value is -2.06. The van der Waals surface area contributed by atoms with Crippen LogP contribution in [-0.4, -0.2) is 21.7 Å². The first-order valence-electron chi connectivity index (χ1n) is 5.90. The molecule has 0 unspecified atom stereocenters. The summed E-state index contributed by atoms with van der Waals surface area (Å²) in [5.41, 5.74) is -1.26. The maximum atomic E-state index is 13.3. The molecule has 1 heterocycles. The Labute approximate surface area is 112 Å². The Bertz CT molecular complexity index is 600. The zero-order valence-electron chi connectivity index (χ0n) is 10.6. The monoisotopic (exact) mass is 288 g/mol. The first kappa shape index (κ1) is 14.4. The van der Waals surface area contributed by atoms with E-state index in [9.17, 15) is 17.3 Å². The predicted octanol–water partition coefficient (Wildman–Crippen LogP) is 2.07. The minimum Gasteiger partial charge on any atom is -0.486 e. The van der Waals surface area contributed by atoms with E-state index in [2.05, 4.69) is 10.1 Å². The second-order valence-electron chi connectivity index (χ2n) is 4.04. The minimum atomic E-state index is -5.36. The molecule has 108 valence electrons. The number of ether oxygens (including phenoxy) is 1. The summed E-state index contributed by atoms with van der Waals surface area (Å²) in [7, 11) is 0. The fourth-order valence-corrected chi connectivity index (χ4v) is 1.68. The molecule has 0 aliphatic carbocycles. The van der Waals surface area contributed by atoms with Gasteiger partial charge < -0.3 is 17.7 Å². The summed E-state index contributed by atoms with van der Waals surface area (Å²) in [6.07, 6.45) is 1.35. The van der Waals surface area contributed by atoms with Crippen molar-refractivity contribution in [1.82, 2.24) is 14.8 Å². The second-order valence-corrected chi connectivity index (χ2v) is 4.04. The molecule has 0 amide bonds. The summed E-state index contributed by atoms with van der Waals surface area (Å²) in [6, 6.07) is 2.48. The van der Waals surface area contributed by atoms with Crippen molar-refractivity contribution >= 4 is 12.4 Å². The Morgan fingerprint density at radius 2 is 2.05 bits per heavy atom. The molecular formula is C11H11BF4N3O-. The smallest absolute Gasteiger partial charge is 0.486 e. The van der Waals surface area contributed by atoms with E-state index in [1.165, 1.54) is 6.33 Å². The number of aryl methyl sites for hydroxylation is 1. The first-order chi connectivity index (χ1) is 9.41. The number of aromatic nitrogens is 3. The largest absolute Gasteiger partial charge is 0.512 e. The van der Waals surface area contributed by atoms with Gasteiger partial charge in [0.15, 0.2) is 5.82 Å². The van der Waals surface area contributed by atoms with Crippen molar-refractivity contribution in [3.63, 3.8) is 0 Å². The molecule has 0 aliphatic rings. The van der Waals surface area contributed by atoms with Crippen LogP contribution in [0, 0.1) is 5.82 Å². The molecule has 4 nitrogen and oxygen atoms in total. The van der Waals surface area contributed by atoms with E-state index < -0.39 is 18.3 Å². The van der Waals surface area contributed by atoms with Gasteiger partial charge in [0.1, 0.15) is 18.7 Å². The van der Waals surface area contributed by atoms with Crippen LogP contribution in [0.15, 0.2) is 24.5 Å². The zero-order chi connectivity index (χ0) is 14.8. The standard InChI is InChI=1S/C11H11BF4N3O/c1-2-19-11(17-7-18-19)6-20-8-3-4-9(10(13)5-8)12(14,15)16/h3-5,7H,2,6H2,1H3/q-1. The van der Waals surface area contributed by atoms with Gasteiger partial charge in [-0.3, -0.25) is 0 Å². The van der Waals surface area contributed by atoms with Crippen molar-refractivity contribution in [3.05, 3.63) is 36.2 Å². The van der Waals surface area contributed by atoms with Crippen LogP contribution in [0.25, 0.3) is 0 Å². The molecule has 1 aromatic carbocycles. The summed E-state index contributed by atoms with van der Waals surface area (Å²) in [5, 5.41) is 3.92. The lowest BCUT2D eigenvalue weighted by atomic mass is 9.80. The summed E-state index contributed by atoms with van der Waals surface area (Å²) in [4.78, 5) is 3.94. The molecule has 0 N–H and O–H groups in total. The van der Waals surface area contributed by atoms with E-state index >= 15 is 0 Å². The Balaban J connectivity index is 2.10. The van der Waals surface area contributed by atoms with Crippen molar-refractivity contribution < 1.29 is 22.1 Å². The quantitative estimate of drug-likeness (QED) is 0.624. The number of nitrogens with zero attached hydrogens (tertiary/aromatic N) is 3. The molecule has 2 rings (SSSR count). The minimum absolute atomic E-state index is 0.00376. The summed E-state index contributed by atoms with van der Waals surface area (Å²) in [5.74, 6) is -0.819. The number of halogens is 4. The van der Waals surface area contributed by atoms with Crippen LogP contribution in [0.5, 0.6) is 5.75 Å². The summed E-state index contributed by atoms with van der Waals surface area (Å²) >= 11 is 0. The van der Waals surface area contributed by atoms with Crippen molar-refractivity contribution in [1.29, 1.82) is 0 Å². The molecule has 0 saturated heterocycles. The highest BCUT2D eigenvalue weighted by Crippen LogP contribution is 2.17. The number of hydrogen-bond acceptors (Lipinski definition) is 3. The predicted molar refractivity (Wildman–Crippen MR) is 65.1 cm³/mol. The third-order valence-electron chi connectivity index (χ3n) is 2.69. The summed E-state index contributed by atoms with van der Waals surface area (Å²) < 4.78 is 57.5. The van der Waals surface area contributed by atoms with E-state index in [4.69, 9.17) is 4.74 Å². The SMILES string of the molecule is CCn1ncnc1COc1ccc([B-](F)(F)F)c(F)c1. The van der Waals surface area contributed by atoms with E-state index in [0.717, 1.165) is 12.1 Å². The molecule has 0 bridgehead atoms. The zero-order valence-corrected chi connectivity index (χ0v) is 10.6. The van der Waals surface area contributed by atoms with Crippen molar-refractivity contribution in [2.75, 3.05) is 0 Å². The second kappa shape index (κ2) is 5.52. The lowest BCUT2D eigenvalue weighted by Crippen LogP contribution is -2.36. The van der Waals surface area contributed by atoms with E-state index in [-0.39, 0.29) is 12.4 Å². The molecule has 9 heteroatoms. The van der Waals surface area contributed by atoms with Crippen LogP contribution in [0.4, 0.5) is 17.3 Å². The summed E-state index contributed by atoms with van der Waals surface area (Å²) in [6.45, 7) is -2.91. The number of hydrogen-bond donors (Lipinski definition) is 0. The fraction of sp³-hybridized carbons (Fsp3) is 0.273. The molecule has 0 radical (unpaired) electrons. The highest BCUT2D eigenvalue weighted by molar-refractivity contribution is 6.73. The molecule has 0 atom stereocenters. The van der Waals surface area contributed by atoms with Gasteiger partial charge in [0.2, 0.25) is 0 Å². The van der Waals surface area contributed by atoms with Gasteiger partial charge in [-0.25, -0.2) is 14.1 Å². The van der Waals surface area contributed by atoms with E-state index in [1.807, 2.05) is 6.92 Å². The number of rotatable bonds is 5. The number of benzene rings is 1. The van der Waals surface area contributed by atoms with Gasteiger partial charge in [-0.2, -0.15) is 5.10 Å². The van der Waals surface area contributed by atoms with Gasteiger partial charge >= 0.3 is 6.98 Å². The molecule has 0 aliphatic heterocycles. The van der Waals surface area contributed by atoms with Gasteiger partial charge in [0, 0.05) is 12.6 Å². The van der Waals surface area contributed by atoms with Gasteiger partial charge in [0.25, 0.3) is 0 Å². The fourth-order valence-electron chi connectivity index (χ4n) is 1.68.